The van der Waals surface area contributed by atoms with Crippen molar-refractivity contribution in [3.63, 3.8) is 0 Å². The first-order valence-corrected chi connectivity index (χ1v) is 9.95. The minimum atomic E-state index is -2.92. The zero-order valence-electron chi connectivity index (χ0n) is 13.5. The molecule has 20 heavy (non-hydrogen) atoms. The first kappa shape index (κ1) is 17.9. The Balaban J connectivity index is 2.73. The molecule has 3 nitrogen and oxygen atoms in total. The van der Waals surface area contributed by atoms with Crippen LogP contribution in [0.15, 0.2) is 11.1 Å². The fourth-order valence-corrected chi connectivity index (χ4v) is 4.76. The summed E-state index contributed by atoms with van der Waals surface area (Å²) in [5, 5.41) is 0. The molecule has 0 unspecified atom stereocenters. The molecular weight excluding hydrogens is 271 g/mol. The van der Waals surface area contributed by atoms with Gasteiger partial charge in [0.15, 0.2) is 0 Å². The number of rotatable bonds is 10. The van der Waals surface area contributed by atoms with Gasteiger partial charge in [-0.1, -0.05) is 30.9 Å². The third-order valence-electron chi connectivity index (χ3n) is 3.83. The molecule has 1 aliphatic rings. The Kier molecular flexibility index (Phi) is 8.75. The predicted octanol–water partition coefficient (Wildman–Crippen LogP) is 5.70. The van der Waals surface area contributed by atoms with E-state index in [1.807, 2.05) is 13.8 Å². The van der Waals surface area contributed by atoms with E-state index in [0.29, 0.717) is 19.4 Å². The molecule has 0 amide bonds. The predicted molar refractivity (Wildman–Crippen MR) is 85.4 cm³/mol. The SMILES string of the molecule is CCCCCC1=C(CP(=O)(OCC)OCC)CCCC1. The zero-order chi connectivity index (χ0) is 14.8. The Hall–Kier alpha value is -0.110. The van der Waals surface area contributed by atoms with Crippen molar-refractivity contribution in [1.29, 1.82) is 0 Å². The molecule has 0 saturated carbocycles. The van der Waals surface area contributed by atoms with Gasteiger partial charge in [-0.15, -0.1) is 0 Å². The van der Waals surface area contributed by atoms with Crippen molar-refractivity contribution in [2.45, 2.75) is 72.1 Å². The smallest absolute Gasteiger partial charge is 0.309 e. The highest BCUT2D eigenvalue weighted by Crippen LogP contribution is 2.51. The Morgan fingerprint density at radius 1 is 0.950 bits per heavy atom. The van der Waals surface area contributed by atoms with Crippen LogP contribution in [0.2, 0.25) is 0 Å². The topological polar surface area (TPSA) is 35.5 Å². The highest BCUT2D eigenvalue weighted by Gasteiger charge is 2.27. The molecule has 0 N–H and O–H groups in total. The molecule has 0 aliphatic heterocycles. The Labute approximate surface area is 124 Å². The van der Waals surface area contributed by atoms with Crippen LogP contribution in [0.5, 0.6) is 0 Å². The molecule has 0 heterocycles. The summed E-state index contributed by atoms with van der Waals surface area (Å²) in [6.45, 7) is 6.89. The average molecular weight is 302 g/mol. The Bertz CT molecular complexity index is 340. The molecule has 0 radical (unpaired) electrons. The van der Waals surface area contributed by atoms with E-state index >= 15 is 0 Å². The van der Waals surface area contributed by atoms with Gasteiger partial charge in [0.05, 0.1) is 19.4 Å². The van der Waals surface area contributed by atoms with E-state index in [1.54, 1.807) is 0 Å². The lowest BCUT2D eigenvalue weighted by Crippen LogP contribution is -2.08. The van der Waals surface area contributed by atoms with Crippen LogP contribution in [-0.4, -0.2) is 19.4 Å². The first-order chi connectivity index (χ1) is 9.65. The molecule has 1 rings (SSSR count). The van der Waals surface area contributed by atoms with Crippen molar-refractivity contribution < 1.29 is 13.6 Å². The summed E-state index contributed by atoms with van der Waals surface area (Å²) in [5.74, 6) is 0. The van der Waals surface area contributed by atoms with Crippen LogP contribution in [0.25, 0.3) is 0 Å². The molecule has 118 valence electrons. The third-order valence-corrected chi connectivity index (χ3v) is 5.90. The van der Waals surface area contributed by atoms with Gasteiger partial charge < -0.3 is 9.05 Å². The van der Waals surface area contributed by atoms with Gasteiger partial charge in [-0.05, 0) is 52.4 Å². The van der Waals surface area contributed by atoms with Crippen molar-refractivity contribution >= 4 is 7.60 Å². The molecule has 0 bridgehead atoms. The van der Waals surface area contributed by atoms with Crippen molar-refractivity contribution in [3.05, 3.63) is 11.1 Å². The number of hydrogen-bond donors (Lipinski definition) is 0. The van der Waals surface area contributed by atoms with Gasteiger partial charge in [-0.2, -0.15) is 0 Å². The summed E-state index contributed by atoms with van der Waals surface area (Å²) in [6.07, 6.45) is 10.2. The molecule has 0 spiro atoms. The third kappa shape index (κ3) is 6.11. The number of allylic oxidation sites excluding steroid dienone is 2. The molecular formula is C16H31O3P. The maximum absolute atomic E-state index is 12.7. The largest absolute Gasteiger partial charge is 0.334 e. The van der Waals surface area contributed by atoms with Crippen molar-refractivity contribution in [1.82, 2.24) is 0 Å². The second-order valence-corrected chi connectivity index (χ2v) is 7.53. The van der Waals surface area contributed by atoms with Gasteiger partial charge in [0.2, 0.25) is 0 Å². The second kappa shape index (κ2) is 9.76. The van der Waals surface area contributed by atoms with E-state index in [0.717, 1.165) is 6.42 Å². The van der Waals surface area contributed by atoms with Crippen LogP contribution in [0.1, 0.15) is 72.1 Å². The first-order valence-electron chi connectivity index (χ1n) is 8.23. The second-order valence-electron chi connectivity index (χ2n) is 5.48. The van der Waals surface area contributed by atoms with Crippen LogP contribution in [-0.2, 0) is 13.6 Å². The zero-order valence-corrected chi connectivity index (χ0v) is 14.3. The van der Waals surface area contributed by atoms with E-state index in [1.165, 1.54) is 56.1 Å². The van der Waals surface area contributed by atoms with E-state index < -0.39 is 7.60 Å². The van der Waals surface area contributed by atoms with E-state index in [9.17, 15) is 4.57 Å². The lowest BCUT2D eigenvalue weighted by atomic mass is 9.89. The average Bonchev–Trinajstić information content (AvgIpc) is 2.41. The standard InChI is InChI=1S/C16H31O3P/c1-4-7-8-11-15-12-9-10-13-16(15)14-20(17,18-5-2)19-6-3/h4-14H2,1-3H3. The Morgan fingerprint density at radius 3 is 2.10 bits per heavy atom. The molecule has 4 heteroatoms. The summed E-state index contributed by atoms with van der Waals surface area (Å²) in [7, 11) is -2.92. The monoisotopic (exact) mass is 302 g/mol. The lowest BCUT2D eigenvalue weighted by Gasteiger charge is -2.24. The van der Waals surface area contributed by atoms with Gasteiger partial charge in [-0.3, -0.25) is 4.57 Å². The fraction of sp³-hybridized carbons (Fsp3) is 0.875. The maximum atomic E-state index is 12.7. The minimum absolute atomic E-state index is 0.454. The van der Waals surface area contributed by atoms with Gasteiger partial charge in [0, 0.05) is 0 Å². The van der Waals surface area contributed by atoms with Gasteiger partial charge in [0.25, 0.3) is 0 Å². The van der Waals surface area contributed by atoms with Gasteiger partial charge in [-0.25, -0.2) is 0 Å². The summed E-state index contributed by atoms with van der Waals surface area (Å²) in [4.78, 5) is 0. The van der Waals surface area contributed by atoms with Gasteiger partial charge >= 0.3 is 7.60 Å². The van der Waals surface area contributed by atoms with Crippen LogP contribution in [0.3, 0.4) is 0 Å². The highest BCUT2D eigenvalue weighted by molar-refractivity contribution is 7.54. The van der Waals surface area contributed by atoms with Crippen LogP contribution >= 0.6 is 7.60 Å². The molecule has 0 aromatic rings. The summed E-state index contributed by atoms with van der Waals surface area (Å²) >= 11 is 0. The normalized spacial score (nSPS) is 16.8. The maximum Gasteiger partial charge on any atom is 0.334 e. The van der Waals surface area contributed by atoms with Crippen LogP contribution in [0.4, 0.5) is 0 Å². The molecule has 0 fully saturated rings. The van der Waals surface area contributed by atoms with Crippen molar-refractivity contribution in [2.75, 3.05) is 19.4 Å². The fourth-order valence-electron chi connectivity index (χ4n) is 2.87. The summed E-state index contributed by atoms with van der Waals surface area (Å²) in [5.41, 5.74) is 2.89. The quantitative estimate of drug-likeness (QED) is 0.295. The van der Waals surface area contributed by atoms with E-state index in [-0.39, 0.29) is 0 Å². The highest BCUT2D eigenvalue weighted by atomic mass is 31.2. The molecule has 0 atom stereocenters. The molecule has 1 aliphatic carbocycles. The van der Waals surface area contributed by atoms with Crippen molar-refractivity contribution in [3.8, 4) is 0 Å². The van der Waals surface area contributed by atoms with Crippen molar-refractivity contribution in [2.24, 2.45) is 0 Å². The van der Waals surface area contributed by atoms with Crippen LogP contribution in [0, 0.1) is 0 Å². The number of unbranched alkanes of at least 4 members (excludes halogenated alkanes) is 2. The Morgan fingerprint density at radius 2 is 1.55 bits per heavy atom. The molecule has 0 saturated heterocycles. The molecule has 0 aromatic heterocycles. The number of hydrogen-bond acceptors (Lipinski definition) is 3. The molecule has 0 aromatic carbocycles. The van der Waals surface area contributed by atoms with Crippen LogP contribution < -0.4 is 0 Å². The minimum Gasteiger partial charge on any atom is -0.309 e. The lowest BCUT2D eigenvalue weighted by molar-refractivity contribution is 0.221. The van der Waals surface area contributed by atoms with E-state index in [2.05, 4.69) is 6.92 Å². The van der Waals surface area contributed by atoms with E-state index in [4.69, 9.17) is 9.05 Å². The summed E-state index contributed by atoms with van der Waals surface area (Å²) < 4.78 is 23.6. The van der Waals surface area contributed by atoms with Gasteiger partial charge in [0.1, 0.15) is 0 Å². The summed E-state index contributed by atoms with van der Waals surface area (Å²) in [6, 6.07) is 0.